The van der Waals surface area contributed by atoms with Gasteiger partial charge in [0.2, 0.25) is 0 Å². The van der Waals surface area contributed by atoms with Crippen LogP contribution < -0.4 is 0 Å². The number of rotatable bonds is 10. The summed E-state index contributed by atoms with van der Waals surface area (Å²) in [5, 5.41) is 16.5. The van der Waals surface area contributed by atoms with Crippen molar-refractivity contribution in [3.63, 3.8) is 0 Å². The summed E-state index contributed by atoms with van der Waals surface area (Å²) in [6.45, 7) is 27.4. The molecule has 0 bridgehead atoms. The maximum atomic E-state index is 4.84. The molecule has 3 aromatic carbocycles. The van der Waals surface area contributed by atoms with Crippen LogP contribution in [0.1, 0.15) is 152 Å². The second-order valence-electron chi connectivity index (χ2n) is 15.0. The molecule has 5 rings (SSSR count). The Morgan fingerprint density at radius 1 is 0.413 bits per heavy atom. The van der Waals surface area contributed by atoms with E-state index in [2.05, 4.69) is 154 Å². The molecule has 46 heavy (non-hydrogen) atoms. The second-order valence-corrected chi connectivity index (χ2v) is 15.0. The molecular weight excluding hydrogens is 560 g/mol. The Labute approximate surface area is 277 Å². The largest absolute Gasteiger partial charge is 0.277 e. The van der Waals surface area contributed by atoms with Crippen LogP contribution in [0.25, 0.3) is 45.0 Å². The predicted octanol–water partition coefficient (Wildman–Crippen LogP) is 12.5. The highest BCUT2D eigenvalue weighted by Crippen LogP contribution is 2.41. The molecule has 0 amide bonds. The van der Waals surface area contributed by atoms with Gasteiger partial charge in [-0.2, -0.15) is 10.2 Å². The van der Waals surface area contributed by atoms with Gasteiger partial charge in [0, 0.05) is 22.3 Å². The molecule has 0 spiro atoms. The van der Waals surface area contributed by atoms with Crippen molar-refractivity contribution in [1.29, 1.82) is 0 Å². The van der Waals surface area contributed by atoms with E-state index in [1.165, 1.54) is 44.5 Å². The van der Waals surface area contributed by atoms with Gasteiger partial charge in [0.15, 0.2) is 0 Å². The number of H-pyrrole nitrogens is 2. The van der Waals surface area contributed by atoms with Gasteiger partial charge in [-0.15, -0.1) is 0 Å². The van der Waals surface area contributed by atoms with E-state index in [0.717, 1.165) is 33.9 Å². The van der Waals surface area contributed by atoms with Crippen molar-refractivity contribution in [2.24, 2.45) is 0 Å². The fourth-order valence-electron chi connectivity index (χ4n) is 6.57. The van der Waals surface area contributed by atoms with Crippen molar-refractivity contribution in [3.05, 3.63) is 94.0 Å². The van der Waals surface area contributed by atoms with Gasteiger partial charge in [0.1, 0.15) is 0 Å². The average molecular weight is 615 g/mol. The number of nitrogens with zero attached hydrogens (tertiary/aromatic N) is 2. The van der Waals surface area contributed by atoms with E-state index in [1.54, 1.807) is 0 Å². The zero-order chi connectivity index (χ0) is 33.4. The summed E-state index contributed by atoms with van der Waals surface area (Å²) < 4.78 is 0. The first-order valence-electron chi connectivity index (χ1n) is 17.3. The predicted molar refractivity (Wildman–Crippen MR) is 197 cm³/mol. The molecule has 5 aromatic rings. The Kier molecular flexibility index (Phi) is 9.77. The molecule has 2 aromatic heterocycles. The summed E-state index contributed by atoms with van der Waals surface area (Å²) in [6.07, 6.45) is 0. The fourth-order valence-corrected chi connectivity index (χ4v) is 6.57. The lowest BCUT2D eigenvalue weighted by Gasteiger charge is -2.22. The van der Waals surface area contributed by atoms with Gasteiger partial charge < -0.3 is 0 Å². The molecule has 0 saturated carbocycles. The number of aromatic nitrogens is 4. The van der Waals surface area contributed by atoms with Gasteiger partial charge in [0.05, 0.1) is 22.8 Å². The molecule has 4 heteroatoms. The number of aromatic amines is 2. The molecule has 0 saturated heterocycles. The van der Waals surface area contributed by atoms with Crippen molar-refractivity contribution in [2.45, 2.75) is 119 Å². The lowest BCUT2D eigenvalue weighted by atomic mass is 9.83. The molecule has 242 valence electrons. The van der Waals surface area contributed by atoms with Gasteiger partial charge in [-0.1, -0.05) is 126 Å². The van der Waals surface area contributed by atoms with E-state index in [1.807, 2.05) is 0 Å². The monoisotopic (exact) mass is 614 g/mol. The van der Waals surface area contributed by atoms with Gasteiger partial charge in [-0.05, 0) is 87.1 Å². The average Bonchev–Trinajstić information content (AvgIpc) is 3.70. The highest BCUT2D eigenvalue weighted by Gasteiger charge is 2.22. The maximum Gasteiger partial charge on any atom is 0.0927 e. The molecule has 0 fully saturated rings. The maximum absolute atomic E-state index is 4.84. The third-order valence-corrected chi connectivity index (χ3v) is 9.41. The molecule has 0 aliphatic carbocycles. The van der Waals surface area contributed by atoms with E-state index < -0.39 is 0 Å². The Morgan fingerprint density at radius 2 is 0.739 bits per heavy atom. The first-order valence-corrected chi connectivity index (χ1v) is 17.3. The lowest BCUT2D eigenvalue weighted by Crippen LogP contribution is -2.03. The van der Waals surface area contributed by atoms with Crippen LogP contribution in [-0.4, -0.2) is 20.4 Å². The van der Waals surface area contributed by atoms with Crippen LogP contribution in [0.3, 0.4) is 0 Å². The van der Waals surface area contributed by atoms with E-state index >= 15 is 0 Å². The van der Waals surface area contributed by atoms with Crippen LogP contribution in [0.4, 0.5) is 0 Å². The summed E-state index contributed by atoms with van der Waals surface area (Å²) in [4.78, 5) is 0. The smallest absolute Gasteiger partial charge is 0.0927 e. The molecule has 4 nitrogen and oxygen atoms in total. The molecule has 0 aliphatic rings. The number of benzene rings is 3. The van der Waals surface area contributed by atoms with Crippen molar-refractivity contribution in [1.82, 2.24) is 20.4 Å². The third-order valence-electron chi connectivity index (χ3n) is 9.41. The minimum atomic E-state index is 0.407. The summed E-state index contributed by atoms with van der Waals surface area (Å²) >= 11 is 0. The molecular formula is C42H54N4. The van der Waals surface area contributed by atoms with Crippen molar-refractivity contribution < 1.29 is 0 Å². The van der Waals surface area contributed by atoms with Crippen LogP contribution in [0.15, 0.2) is 60.7 Å². The van der Waals surface area contributed by atoms with Gasteiger partial charge in [-0.3, -0.25) is 10.2 Å². The Morgan fingerprint density at radius 3 is 1.02 bits per heavy atom. The first-order chi connectivity index (χ1) is 21.8. The highest BCUT2D eigenvalue weighted by atomic mass is 15.1. The summed E-state index contributed by atoms with van der Waals surface area (Å²) in [7, 11) is 0. The zero-order valence-corrected chi connectivity index (χ0v) is 30.1. The molecule has 0 radical (unpaired) electrons. The van der Waals surface area contributed by atoms with E-state index in [9.17, 15) is 0 Å². The SMILES string of the molecule is CC(C)c1cc(C(C)C)c(-c2cc(-c3cccc(-c4cc(-c5c(C(C)C)cc(C(C)C)cc5C(C)C)[nH]n4)c3)n[nH]2)c(C(C)C)c1. The van der Waals surface area contributed by atoms with Gasteiger partial charge in [-0.25, -0.2) is 0 Å². The topological polar surface area (TPSA) is 57.4 Å². The minimum Gasteiger partial charge on any atom is -0.277 e. The Hall–Kier alpha value is -3.92. The molecule has 2 N–H and O–H groups in total. The van der Waals surface area contributed by atoms with Crippen LogP contribution in [0.2, 0.25) is 0 Å². The number of nitrogens with one attached hydrogen (secondary N) is 2. The third kappa shape index (κ3) is 6.63. The molecule has 0 aliphatic heterocycles. The van der Waals surface area contributed by atoms with Crippen molar-refractivity contribution in [2.75, 3.05) is 0 Å². The summed E-state index contributed by atoms with van der Waals surface area (Å²) in [6, 6.07) is 22.7. The van der Waals surface area contributed by atoms with E-state index in [0.29, 0.717) is 35.5 Å². The van der Waals surface area contributed by atoms with Crippen LogP contribution in [-0.2, 0) is 0 Å². The Bertz CT molecular complexity index is 1620. The molecule has 0 unspecified atom stereocenters. The van der Waals surface area contributed by atoms with Crippen LogP contribution >= 0.6 is 0 Å². The van der Waals surface area contributed by atoms with Gasteiger partial charge in [0.25, 0.3) is 0 Å². The van der Waals surface area contributed by atoms with Crippen LogP contribution in [0, 0.1) is 0 Å². The van der Waals surface area contributed by atoms with E-state index in [-0.39, 0.29) is 0 Å². The zero-order valence-electron chi connectivity index (χ0n) is 30.1. The normalized spacial score (nSPS) is 12.2. The Balaban J connectivity index is 1.55. The van der Waals surface area contributed by atoms with Crippen LogP contribution in [0.5, 0.6) is 0 Å². The van der Waals surface area contributed by atoms with Crippen molar-refractivity contribution >= 4 is 0 Å². The fraction of sp³-hybridized carbons (Fsp3) is 0.429. The summed E-state index contributed by atoms with van der Waals surface area (Å²) in [5.41, 5.74) is 17.1. The molecule has 2 heterocycles. The quantitative estimate of drug-likeness (QED) is 0.164. The van der Waals surface area contributed by atoms with Crippen molar-refractivity contribution in [3.8, 4) is 45.0 Å². The summed E-state index contributed by atoms with van der Waals surface area (Å²) in [5.74, 6) is 2.60. The number of hydrogen-bond donors (Lipinski definition) is 2. The lowest BCUT2D eigenvalue weighted by molar-refractivity contribution is 0.806. The second kappa shape index (κ2) is 13.4. The van der Waals surface area contributed by atoms with E-state index in [4.69, 9.17) is 10.2 Å². The molecule has 0 atom stereocenters. The minimum absolute atomic E-state index is 0.407. The highest BCUT2D eigenvalue weighted by molar-refractivity contribution is 5.78. The van der Waals surface area contributed by atoms with Gasteiger partial charge >= 0.3 is 0 Å². The standard InChI is InChI=1S/C42H54N4/c1-23(2)31-17-33(25(5)6)41(34(18-31)26(7)8)39-21-37(43-45-39)29-14-13-15-30(16-29)38-22-40(46-44-38)42-35(27(9)10)19-32(24(3)4)20-36(42)28(11)12/h13-28H,1-12H3,(H,43,45)(H,44,46). The first kappa shape index (κ1) is 33.4. The number of hydrogen-bond acceptors (Lipinski definition) is 2.